The molecule has 296 valence electrons. The Bertz CT molecular complexity index is 1990. The van der Waals surface area contributed by atoms with Gasteiger partial charge in [0.25, 0.3) is 0 Å². The van der Waals surface area contributed by atoms with Crippen molar-refractivity contribution in [1.29, 1.82) is 0 Å². The molecule has 0 aromatic heterocycles. The quantitative estimate of drug-likeness (QED) is 0.159. The highest BCUT2D eigenvalue weighted by Gasteiger charge is 2.77. The molecule has 11 heteroatoms. The summed E-state index contributed by atoms with van der Waals surface area (Å²) < 4.78 is 24.7. The molecule has 1 saturated heterocycles. The highest BCUT2D eigenvalue weighted by atomic mass is 16.6. The second kappa shape index (κ2) is 14.4. The molecule has 3 aromatic rings. The number of aliphatic hydroxyl groups is 3. The molecule has 3 N–H and O–H groups in total. The molecule has 3 fully saturated rings. The number of rotatable bonds is 8. The number of carbonyl (C=O) groups is 4. The maximum Gasteiger partial charge on any atom is 0.338 e. The molecule has 7 rings (SSSR count). The average Bonchev–Trinajstić information content (AvgIpc) is 3.17. The fourth-order valence-corrected chi connectivity index (χ4v) is 10.5. The zero-order chi connectivity index (χ0) is 40.4. The summed E-state index contributed by atoms with van der Waals surface area (Å²) in [5, 5.41) is 37.3. The van der Waals surface area contributed by atoms with Gasteiger partial charge in [0.05, 0.1) is 29.6 Å². The number of esters is 3. The predicted octanol–water partition coefficient (Wildman–Crippen LogP) is 5.10. The van der Waals surface area contributed by atoms with Crippen molar-refractivity contribution in [2.75, 3.05) is 6.61 Å². The van der Waals surface area contributed by atoms with Crippen molar-refractivity contribution in [3.05, 3.63) is 119 Å². The lowest BCUT2D eigenvalue weighted by Crippen LogP contribution is -2.81. The van der Waals surface area contributed by atoms with E-state index in [1.54, 1.807) is 65.0 Å². The molecule has 11 nitrogen and oxygen atoms in total. The Hall–Kier alpha value is -4.68. The average molecular weight is 767 g/mol. The second-order valence-corrected chi connectivity index (χ2v) is 16.7. The highest BCUT2D eigenvalue weighted by molar-refractivity contribution is 5.92. The summed E-state index contributed by atoms with van der Waals surface area (Å²) in [5.41, 5.74) is -4.26. The van der Waals surface area contributed by atoms with Gasteiger partial charge in [0.15, 0.2) is 11.7 Å². The molecule has 1 unspecified atom stereocenters. The Kier molecular flexibility index (Phi) is 10.1. The van der Waals surface area contributed by atoms with E-state index in [1.165, 1.54) is 6.92 Å². The number of fused-ring (bicyclic) bond motifs is 5. The molecule has 4 aliphatic rings. The molecule has 3 aliphatic carbocycles. The molecule has 10 atom stereocenters. The third-order valence-electron chi connectivity index (χ3n) is 13.4. The van der Waals surface area contributed by atoms with Crippen molar-refractivity contribution in [2.24, 2.45) is 22.7 Å². The van der Waals surface area contributed by atoms with E-state index in [-0.39, 0.29) is 25.0 Å². The zero-order valence-corrected chi connectivity index (χ0v) is 32.5. The van der Waals surface area contributed by atoms with Crippen molar-refractivity contribution < 1.29 is 53.4 Å². The van der Waals surface area contributed by atoms with Crippen LogP contribution in [-0.2, 0) is 33.3 Å². The third-order valence-corrected chi connectivity index (χ3v) is 13.4. The maximum absolute atomic E-state index is 15.2. The lowest BCUT2D eigenvalue weighted by Gasteiger charge is -2.67. The molecule has 3 aromatic carbocycles. The number of Topliss-reactive ketones (excluding diaryl/α,β-unsaturated/α-hetero) is 1. The number of aliphatic hydroxyl groups excluding tert-OH is 2. The number of ketones is 1. The topological polar surface area (TPSA) is 166 Å². The van der Waals surface area contributed by atoms with Crippen molar-refractivity contribution >= 4 is 23.7 Å². The zero-order valence-electron chi connectivity index (χ0n) is 32.5. The Balaban J connectivity index is 1.38. The minimum atomic E-state index is -2.12. The van der Waals surface area contributed by atoms with Crippen LogP contribution in [0, 0.1) is 22.7 Å². The van der Waals surface area contributed by atoms with Crippen molar-refractivity contribution in [3.8, 4) is 0 Å². The summed E-state index contributed by atoms with van der Waals surface area (Å²) in [6.07, 6.45) is -7.06. The lowest BCUT2D eigenvalue weighted by atomic mass is 9.43. The van der Waals surface area contributed by atoms with Crippen LogP contribution in [0.25, 0.3) is 0 Å². The number of benzene rings is 3. The number of carbonyl (C=O) groups excluding carboxylic acids is 4. The molecule has 0 spiro atoms. The molecule has 0 amide bonds. The van der Waals surface area contributed by atoms with Crippen molar-refractivity contribution in [3.63, 3.8) is 0 Å². The molecule has 1 aliphatic heterocycles. The van der Waals surface area contributed by atoms with Crippen LogP contribution >= 0.6 is 0 Å². The highest BCUT2D eigenvalue weighted by Crippen LogP contribution is 2.65. The van der Waals surface area contributed by atoms with Gasteiger partial charge in [-0.15, -0.1) is 0 Å². The van der Waals surface area contributed by atoms with Gasteiger partial charge in [0, 0.05) is 37.0 Å². The summed E-state index contributed by atoms with van der Waals surface area (Å²) in [5.74, 6) is -5.92. The van der Waals surface area contributed by atoms with Crippen LogP contribution < -0.4 is 0 Å². The molecule has 2 bridgehead atoms. The van der Waals surface area contributed by atoms with E-state index in [9.17, 15) is 29.7 Å². The van der Waals surface area contributed by atoms with Gasteiger partial charge in [-0.05, 0) is 48.3 Å². The summed E-state index contributed by atoms with van der Waals surface area (Å²) in [7, 11) is 0. The molecule has 0 radical (unpaired) electrons. The van der Waals surface area contributed by atoms with Crippen LogP contribution in [0.15, 0.2) is 102 Å². The minimum absolute atomic E-state index is 0.0416. The summed E-state index contributed by atoms with van der Waals surface area (Å²) >= 11 is 0. The van der Waals surface area contributed by atoms with Gasteiger partial charge >= 0.3 is 17.9 Å². The SMILES string of the molecule is CC(=O)O[C@@]12CO[C@@H]1C[C@H](O)[C@@]1(C)C(=O)[C@H](C)C3=C(C)C(OC(=O)[C@H](O)C(c4ccccc4)c4ccccc4)C[C@@](O)([C@@H](OC(=O)c4ccccc4)[C@H]21)C3(C)C. The van der Waals surface area contributed by atoms with Crippen LogP contribution in [0.3, 0.4) is 0 Å². The van der Waals surface area contributed by atoms with Crippen LogP contribution in [-0.4, -0.2) is 87.3 Å². The van der Waals surface area contributed by atoms with Gasteiger partial charge in [0.2, 0.25) is 0 Å². The summed E-state index contributed by atoms with van der Waals surface area (Å²) in [6, 6.07) is 26.4. The standard InChI is InChI=1S/C45H50O11/c1-25-31(54-41(51)36(48)34(28-16-10-7-11-17-28)29-18-12-8-13-19-29)23-45(52)39(55-40(50)30-20-14-9-15-21-30)37-43(6,38(49)26(2)35(25)42(45,4)5)32(47)22-33-44(37,24-53-33)56-27(3)46/h7-21,26,31-34,36-37,39,47-48,52H,22-24H2,1-6H3/t26-,31?,32+,33-,36-,37+,39+,43-,44+,45-/m1/s1. The van der Waals surface area contributed by atoms with Gasteiger partial charge in [0.1, 0.15) is 29.7 Å². The maximum atomic E-state index is 15.2. The molecular weight excluding hydrogens is 716 g/mol. The van der Waals surface area contributed by atoms with E-state index in [0.717, 1.165) is 0 Å². The van der Waals surface area contributed by atoms with Gasteiger partial charge < -0.3 is 34.3 Å². The number of hydrogen-bond acceptors (Lipinski definition) is 11. The predicted molar refractivity (Wildman–Crippen MR) is 203 cm³/mol. The molecule has 2 saturated carbocycles. The normalized spacial score (nSPS) is 33.8. The van der Waals surface area contributed by atoms with Crippen molar-refractivity contribution in [2.45, 2.75) is 102 Å². The van der Waals surface area contributed by atoms with E-state index >= 15 is 4.79 Å². The monoisotopic (exact) mass is 766 g/mol. The fourth-order valence-electron chi connectivity index (χ4n) is 10.5. The van der Waals surface area contributed by atoms with Gasteiger partial charge in [-0.1, -0.05) is 99.6 Å². The summed E-state index contributed by atoms with van der Waals surface area (Å²) in [4.78, 5) is 56.5. The first-order chi connectivity index (χ1) is 26.5. The van der Waals surface area contributed by atoms with Crippen LogP contribution in [0.4, 0.5) is 0 Å². The summed E-state index contributed by atoms with van der Waals surface area (Å²) in [6.45, 7) is 9.57. The second-order valence-electron chi connectivity index (χ2n) is 16.7. The Morgan fingerprint density at radius 2 is 1.43 bits per heavy atom. The van der Waals surface area contributed by atoms with E-state index in [2.05, 4.69) is 0 Å². The van der Waals surface area contributed by atoms with Crippen LogP contribution in [0.1, 0.15) is 81.8 Å². The molecular formula is C45H50O11. The number of ether oxygens (including phenoxy) is 4. The van der Waals surface area contributed by atoms with E-state index in [1.807, 2.05) is 60.7 Å². The largest absolute Gasteiger partial charge is 0.456 e. The first-order valence-corrected chi connectivity index (χ1v) is 19.2. The minimum Gasteiger partial charge on any atom is -0.456 e. The lowest BCUT2D eigenvalue weighted by molar-refractivity contribution is -0.345. The third kappa shape index (κ3) is 6.02. The Morgan fingerprint density at radius 3 is 1.95 bits per heavy atom. The molecule has 56 heavy (non-hydrogen) atoms. The van der Waals surface area contributed by atoms with Crippen LogP contribution in [0.2, 0.25) is 0 Å². The van der Waals surface area contributed by atoms with Gasteiger partial charge in [-0.3, -0.25) is 9.59 Å². The first-order valence-electron chi connectivity index (χ1n) is 19.2. The molecule has 1 heterocycles. The Labute approximate surface area is 326 Å². The smallest absolute Gasteiger partial charge is 0.338 e. The van der Waals surface area contributed by atoms with E-state index in [4.69, 9.17) is 18.9 Å². The van der Waals surface area contributed by atoms with Crippen LogP contribution in [0.5, 0.6) is 0 Å². The Morgan fingerprint density at radius 1 is 0.875 bits per heavy atom. The van der Waals surface area contributed by atoms with E-state index in [0.29, 0.717) is 22.3 Å². The van der Waals surface area contributed by atoms with Gasteiger partial charge in [-0.2, -0.15) is 0 Å². The number of hydrogen-bond donors (Lipinski definition) is 3. The van der Waals surface area contributed by atoms with Gasteiger partial charge in [-0.25, -0.2) is 9.59 Å². The first kappa shape index (κ1) is 39.6. The fraction of sp³-hybridized carbons (Fsp3) is 0.467. The van der Waals surface area contributed by atoms with E-state index < -0.39 is 94.0 Å². The van der Waals surface area contributed by atoms with Crippen molar-refractivity contribution in [1.82, 2.24) is 0 Å².